The second-order valence-corrected chi connectivity index (χ2v) is 9.75. The van der Waals surface area contributed by atoms with Crippen LogP contribution in [-0.2, 0) is 14.3 Å². The average molecular weight is 457 g/mol. The van der Waals surface area contributed by atoms with Crippen molar-refractivity contribution < 1.29 is 28.2 Å². The van der Waals surface area contributed by atoms with Gasteiger partial charge in [0.1, 0.15) is 12.2 Å². The highest BCUT2D eigenvalue weighted by molar-refractivity contribution is 5.82. The van der Waals surface area contributed by atoms with Crippen LogP contribution in [0.5, 0.6) is 11.5 Å². The minimum atomic E-state index is -0.452. The van der Waals surface area contributed by atoms with E-state index < -0.39 is 11.6 Å². The number of rotatable bonds is 10. The highest BCUT2D eigenvalue weighted by Crippen LogP contribution is 2.47. The molecule has 3 heterocycles. The predicted octanol–water partition coefficient (Wildman–Crippen LogP) is 4.94. The lowest BCUT2D eigenvalue weighted by atomic mass is 9.94. The van der Waals surface area contributed by atoms with Crippen molar-refractivity contribution in [2.45, 2.75) is 83.7 Å². The van der Waals surface area contributed by atoms with Gasteiger partial charge in [-0.05, 0) is 71.6 Å². The third-order valence-electron chi connectivity index (χ3n) is 6.51. The van der Waals surface area contributed by atoms with Crippen molar-refractivity contribution in [3.05, 3.63) is 46.3 Å². The van der Waals surface area contributed by atoms with E-state index in [0.29, 0.717) is 35.2 Å². The fourth-order valence-electron chi connectivity index (χ4n) is 4.19. The number of epoxide rings is 2. The Morgan fingerprint density at radius 1 is 1.06 bits per heavy atom. The zero-order chi connectivity index (χ0) is 23.8. The van der Waals surface area contributed by atoms with E-state index in [1.165, 1.54) is 18.6 Å². The Kier molecular flexibility index (Phi) is 6.38. The Labute approximate surface area is 193 Å². The Bertz CT molecular complexity index is 1130. The average Bonchev–Trinajstić information content (AvgIpc) is 3.58. The maximum Gasteiger partial charge on any atom is 0.336 e. The minimum Gasteiger partial charge on any atom is -0.485 e. The van der Waals surface area contributed by atoms with Gasteiger partial charge in [-0.25, -0.2) is 4.79 Å². The molecule has 0 N–H and O–H groups in total. The van der Waals surface area contributed by atoms with Crippen LogP contribution in [0.15, 0.2) is 45.1 Å². The van der Waals surface area contributed by atoms with Crippen LogP contribution in [0.25, 0.3) is 11.0 Å². The van der Waals surface area contributed by atoms with Crippen molar-refractivity contribution >= 4 is 16.9 Å². The number of fused-ring (bicyclic) bond motifs is 1. The summed E-state index contributed by atoms with van der Waals surface area (Å²) in [5.41, 5.74) is 1.12. The molecule has 2 aromatic rings. The molecule has 33 heavy (non-hydrogen) atoms. The van der Waals surface area contributed by atoms with E-state index in [-0.39, 0.29) is 17.3 Å². The molecule has 0 amide bonds. The van der Waals surface area contributed by atoms with E-state index >= 15 is 0 Å². The van der Waals surface area contributed by atoms with Gasteiger partial charge in [0.25, 0.3) is 0 Å². The third-order valence-corrected chi connectivity index (χ3v) is 6.51. The van der Waals surface area contributed by atoms with Gasteiger partial charge in [-0.3, -0.25) is 4.79 Å². The molecule has 7 heteroatoms. The number of carbonyl (C=O) groups excluding carboxylic acids is 1. The van der Waals surface area contributed by atoms with Crippen LogP contribution in [0.3, 0.4) is 0 Å². The predicted molar refractivity (Wildman–Crippen MR) is 124 cm³/mol. The monoisotopic (exact) mass is 456 g/mol. The normalized spacial score (nSPS) is 25.7. The summed E-state index contributed by atoms with van der Waals surface area (Å²) >= 11 is 0. The fraction of sp³-hybridized carbons (Fsp3) is 0.538. The molecular weight excluding hydrogens is 424 g/mol. The Morgan fingerprint density at radius 3 is 2.52 bits per heavy atom. The number of hydrogen-bond donors (Lipinski definition) is 0. The second kappa shape index (κ2) is 8.95. The zero-order valence-electron chi connectivity index (χ0n) is 19.9. The Balaban J connectivity index is 1.29. The van der Waals surface area contributed by atoms with Crippen molar-refractivity contribution in [2.75, 3.05) is 6.61 Å². The Hall–Kier alpha value is -2.64. The van der Waals surface area contributed by atoms with Crippen molar-refractivity contribution in [3.8, 4) is 11.5 Å². The van der Waals surface area contributed by atoms with Crippen LogP contribution in [0.1, 0.15) is 60.3 Å². The molecule has 0 spiro atoms. The van der Waals surface area contributed by atoms with Crippen molar-refractivity contribution in [1.82, 2.24) is 0 Å². The quantitative estimate of drug-likeness (QED) is 0.164. The van der Waals surface area contributed by atoms with E-state index in [4.69, 9.17) is 23.4 Å². The Morgan fingerprint density at radius 2 is 1.82 bits per heavy atom. The van der Waals surface area contributed by atoms with Gasteiger partial charge in [0.2, 0.25) is 0 Å². The van der Waals surface area contributed by atoms with Crippen LogP contribution in [0, 0.1) is 0 Å². The molecule has 2 saturated heterocycles. The third kappa shape index (κ3) is 5.84. The first-order valence-corrected chi connectivity index (χ1v) is 11.5. The molecule has 1 aromatic heterocycles. The minimum absolute atomic E-state index is 0.0335. The smallest absolute Gasteiger partial charge is 0.336 e. The number of hydrogen-bond acceptors (Lipinski definition) is 7. The summed E-state index contributed by atoms with van der Waals surface area (Å²) in [5.74, 6) is 0.187. The maximum absolute atomic E-state index is 11.5. The van der Waals surface area contributed by atoms with Crippen LogP contribution in [-0.4, -0.2) is 36.0 Å². The highest BCUT2D eigenvalue weighted by atomic mass is 16.6. The van der Waals surface area contributed by atoms with Crippen LogP contribution < -0.4 is 15.1 Å². The first-order chi connectivity index (χ1) is 15.6. The van der Waals surface area contributed by atoms with Gasteiger partial charge >= 0.3 is 11.6 Å². The number of benzene rings is 1. The highest BCUT2D eigenvalue weighted by Gasteiger charge is 2.54. The number of esters is 1. The fourth-order valence-corrected chi connectivity index (χ4v) is 4.19. The molecular formula is C26H32O7. The first-order valence-electron chi connectivity index (χ1n) is 11.5. The summed E-state index contributed by atoms with van der Waals surface area (Å²) in [6.07, 6.45) is 6.59. The van der Waals surface area contributed by atoms with E-state index in [9.17, 15) is 9.59 Å². The van der Waals surface area contributed by atoms with Crippen molar-refractivity contribution in [2.24, 2.45) is 0 Å². The molecule has 3 unspecified atom stereocenters. The van der Waals surface area contributed by atoms with Crippen LogP contribution in [0.4, 0.5) is 0 Å². The van der Waals surface area contributed by atoms with E-state index in [2.05, 4.69) is 27.7 Å². The van der Waals surface area contributed by atoms with Gasteiger partial charge in [0.15, 0.2) is 11.5 Å². The lowest BCUT2D eigenvalue weighted by Gasteiger charge is -2.11. The molecule has 4 rings (SSSR count). The van der Waals surface area contributed by atoms with Gasteiger partial charge in [-0.15, -0.1) is 0 Å². The maximum atomic E-state index is 11.5. The van der Waals surface area contributed by atoms with Crippen molar-refractivity contribution in [3.63, 3.8) is 0 Å². The molecule has 2 aliphatic rings. The molecule has 0 aliphatic carbocycles. The van der Waals surface area contributed by atoms with E-state index in [1.54, 1.807) is 18.2 Å². The molecule has 0 saturated carbocycles. The van der Waals surface area contributed by atoms with Crippen LogP contribution in [0.2, 0.25) is 0 Å². The standard InChI is InChI=1S/C26H32O7/c1-16(6-8-23-26(5,33-23)12-10-22-25(3,4)32-22)11-13-29-20-15-19-18(7-9-24(28)31-19)14-21(20)30-17(2)27/h7,9,11,14-15,22-23H,6,8,10,12-13H2,1-5H3/b16-11+. The molecule has 1 aromatic carbocycles. The molecule has 2 aliphatic heterocycles. The molecule has 2 fully saturated rings. The molecule has 3 atom stereocenters. The second-order valence-electron chi connectivity index (χ2n) is 9.75. The van der Waals surface area contributed by atoms with Crippen molar-refractivity contribution in [1.29, 1.82) is 0 Å². The lowest BCUT2D eigenvalue weighted by molar-refractivity contribution is -0.132. The zero-order valence-corrected chi connectivity index (χ0v) is 19.9. The van der Waals surface area contributed by atoms with Gasteiger partial charge in [-0.2, -0.15) is 0 Å². The van der Waals surface area contributed by atoms with Gasteiger partial charge in [-0.1, -0.05) is 5.57 Å². The number of ether oxygens (including phenoxy) is 4. The number of carbonyl (C=O) groups is 1. The largest absolute Gasteiger partial charge is 0.485 e. The molecule has 0 radical (unpaired) electrons. The summed E-state index contributed by atoms with van der Waals surface area (Å²) < 4.78 is 28.0. The molecule has 0 bridgehead atoms. The summed E-state index contributed by atoms with van der Waals surface area (Å²) in [6, 6.07) is 6.15. The topological polar surface area (TPSA) is 90.8 Å². The van der Waals surface area contributed by atoms with Gasteiger partial charge in [0, 0.05) is 24.4 Å². The summed E-state index contributed by atoms with van der Waals surface area (Å²) in [5, 5.41) is 0.647. The summed E-state index contributed by atoms with van der Waals surface area (Å²) in [7, 11) is 0. The summed E-state index contributed by atoms with van der Waals surface area (Å²) in [4.78, 5) is 23.0. The van der Waals surface area contributed by atoms with E-state index in [0.717, 1.165) is 25.7 Å². The van der Waals surface area contributed by atoms with Gasteiger partial charge in [0.05, 0.1) is 23.4 Å². The van der Waals surface area contributed by atoms with Crippen LogP contribution >= 0.6 is 0 Å². The lowest BCUT2D eigenvalue weighted by Crippen LogP contribution is -2.13. The molecule has 7 nitrogen and oxygen atoms in total. The SMILES string of the molecule is CC(=O)Oc1cc2ccc(=O)oc2cc1OC/C=C(\C)CCC1OC1(C)CCC1OC1(C)C. The summed E-state index contributed by atoms with van der Waals surface area (Å²) in [6.45, 7) is 10.1. The van der Waals surface area contributed by atoms with E-state index in [1.807, 2.05) is 6.08 Å². The first kappa shape index (κ1) is 23.5. The van der Waals surface area contributed by atoms with Gasteiger partial charge < -0.3 is 23.4 Å². The number of allylic oxidation sites excluding steroid dienone is 1. The molecule has 178 valence electrons.